The highest BCUT2D eigenvalue weighted by Gasteiger charge is 2.60. The van der Waals surface area contributed by atoms with Crippen LogP contribution in [0.3, 0.4) is 0 Å². The Labute approximate surface area is 195 Å². The fourth-order valence-electron chi connectivity index (χ4n) is 3.38. The first-order valence-corrected chi connectivity index (χ1v) is 10.7. The van der Waals surface area contributed by atoms with E-state index in [1.54, 1.807) is 11.0 Å². The lowest BCUT2D eigenvalue weighted by Crippen LogP contribution is -2.52. The van der Waals surface area contributed by atoms with Crippen molar-refractivity contribution in [2.45, 2.75) is 44.8 Å². The second-order valence-corrected chi connectivity index (χ2v) is 8.29. The molecule has 0 bridgehead atoms. The molecule has 1 aromatic rings. The molecule has 0 unspecified atom stereocenters. The number of nitrogens with zero attached hydrogens (tertiary/aromatic N) is 2. The zero-order chi connectivity index (χ0) is 26.0. The summed E-state index contributed by atoms with van der Waals surface area (Å²) < 4.78 is 104. The van der Waals surface area contributed by atoms with Crippen LogP contribution in [0.4, 0.5) is 35.5 Å². The van der Waals surface area contributed by atoms with E-state index in [1.165, 1.54) is 13.0 Å². The van der Waals surface area contributed by atoms with Crippen LogP contribution in [0.1, 0.15) is 24.0 Å². The van der Waals surface area contributed by atoms with Crippen molar-refractivity contribution in [3.8, 4) is 5.75 Å². The van der Waals surface area contributed by atoms with Crippen molar-refractivity contribution in [3.63, 3.8) is 0 Å². The van der Waals surface area contributed by atoms with E-state index in [0.29, 0.717) is 5.56 Å². The van der Waals surface area contributed by atoms with Gasteiger partial charge in [-0.1, -0.05) is 12.1 Å². The molecule has 2 fully saturated rings. The Bertz CT molecular complexity index is 912. The Morgan fingerprint density at radius 1 is 1.03 bits per heavy atom. The lowest BCUT2D eigenvalue weighted by atomic mass is 10.1. The summed E-state index contributed by atoms with van der Waals surface area (Å²) in [6.07, 6.45) is -16.1. The molecule has 1 heterocycles. The first kappa shape index (κ1) is 26.8. The van der Waals surface area contributed by atoms with Crippen LogP contribution in [0.2, 0.25) is 0 Å². The second-order valence-electron chi connectivity index (χ2n) is 8.29. The van der Waals surface area contributed by atoms with Gasteiger partial charge in [0.15, 0.2) is 11.6 Å². The molecule has 1 aromatic carbocycles. The molecule has 1 saturated heterocycles. The number of carbonyl (C=O) groups is 2. The van der Waals surface area contributed by atoms with Gasteiger partial charge in [0.2, 0.25) is 6.79 Å². The molecular formula is C21H23F7N2O5. The largest absolute Gasteiger partial charge is 0.454 e. The number of esters is 1. The first-order chi connectivity index (χ1) is 16.3. The molecule has 0 atom stereocenters. The van der Waals surface area contributed by atoms with Gasteiger partial charge in [-0.25, -0.2) is 9.18 Å². The summed E-state index contributed by atoms with van der Waals surface area (Å²) in [6, 6.07) is 3.10. The summed E-state index contributed by atoms with van der Waals surface area (Å²) in [7, 11) is 0. The molecule has 2 aliphatic rings. The highest BCUT2D eigenvalue weighted by molar-refractivity contribution is 5.74. The number of aryl methyl sites for hydroxylation is 1. The van der Waals surface area contributed by atoms with Gasteiger partial charge in [0.25, 0.3) is 6.10 Å². The van der Waals surface area contributed by atoms with Crippen molar-refractivity contribution in [3.05, 3.63) is 29.1 Å². The van der Waals surface area contributed by atoms with E-state index in [0.717, 1.165) is 17.7 Å². The molecule has 1 amide bonds. The van der Waals surface area contributed by atoms with Crippen LogP contribution in [0, 0.1) is 18.7 Å². The minimum Gasteiger partial charge on any atom is -0.454 e. The SMILES string of the molecule is Cc1ccc(CN2CCN(C(=O)OC(C(F)(F)F)C(F)(F)F)CC2)c(OCOC(=O)C2CC2)c1F. The number of piperazine rings is 1. The number of hydrogen-bond donors (Lipinski definition) is 0. The van der Waals surface area contributed by atoms with Crippen LogP contribution < -0.4 is 4.74 Å². The smallest absolute Gasteiger partial charge is 0.434 e. The van der Waals surface area contributed by atoms with Crippen molar-refractivity contribution in [1.29, 1.82) is 0 Å². The highest BCUT2D eigenvalue weighted by Crippen LogP contribution is 2.36. The molecule has 7 nitrogen and oxygen atoms in total. The normalized spacial score (nSPS) is 17.5. The Kier molecular flexibility index (Phi) is 8.02. The van der Waals surface area contributed by atoms with Gasteiger partial charge in [0, 0.05) is 38.3 Å². The van der Waals surface area contributed by atoms with E-state index in [2.05, 4.69) is 4.74 Å². The molecule has 1 saturated carbocycles. The third kappa shape index (κ3) is 7.12. The summed E-state index contributed by atoms with van der Waals surface area (Å²) in [5.41, 5.74) is 0.675. The predicted molar refractivity (Wildman–Crippen MR) is 105 cm³/mol. The minimum atomic E-state index is -5.80. The number of rotatable bonds is 7. The summed E-state index contributed by atoms with van der Waals surface area (Å²) in [4.78, 5) is 26.0. The molecule has 35 heavy (non-hydrogen) atoms. The molecule has 1 aliphatic heterocycles. The van der Waals surface area contributed by atoms with Gasteiger partial charge in [-0.2, -0.15) is 26.3 Å². The lowest BCUT2D eigenvalue weighted by molar-refractivity contribution is -0.308. The molecule has 3 rings (SSSR count). The monoisotopic (exact) mass is 516 g/mol. The van der Waals surface area contributed by atoms with E-state index < -0.39 is 43.1 Å². The van der Waals surface area contributed by atoms with Gasteiger partial charge in [0.1, 0.15) is 0 Å². The number of hydrogen-bond acceptors (Lipinski definition) is 6. The first-order valence-electron chi connectivity index (χ1n) is 10.7. The van der Waals surface area contributed by atoms with Crippen molar-refractivity contribution in [1.82, 2.24) is 9.80 Å². The van der Waals surface area contributed by atoms with Gasteiger partial charge in [-0.05, 0) is 25.3 Å². The van der Waals surface area contributed by atoms with E-state index >= 15 is 0 Å². The average molecular weight is 516 g/mol. The fraction of sp³-hybridized carbons (Fsp3) is 0.619. The van der Waals surface area contributed by atoms with Crippen LogP contribution in [-0.2, 0) is 20.8 Å². The van der Waals surface area contributed by atoms with Crippen molar-refractivity contribution in [2.24, 2.45) is 5.92 Å². The zero-order valence-electron chi connectivity index (χ0n) is 18.5. The maximum Gasteiger partial charge on any atom is 0.434 e. The number of ether oxygens (including phenoxy) is 3. The van der Waals surface area contributed by atoms with Gasteiger partial charge >= 0.3 is 24.4 Å². The Morgan fingerprint density at radius 2 is 1.63 bits per heavy atom. The van der Waals surface area contributed by atoms with Crippen LogP contribution in [-0.4, -0.2) is 73.3 Å². The molecule has 1 aliphatic carbocycles. The van der Waals surface area contributed by atoms with Crippen LogP contribution >= 0.6 is 0 Å². The molecule has 0 N–H and O–H groups in total. The molecule has 0 radical (unpaired) electrons. The zero-order valence-corrected chi connectivity index (χ0v) is 18.5. The molecular weight excluding hydrogens is 493 g/mol. The van der Waals surface area contributed by atoms with Gasteiger partial charge in [0.05, 0.1) is 5.92 Å². The average Bonchev–Trinajstić information content (AvgIpc) is 3.61. The van der Waals surface area contributed by atoms with E-state index in [9.17, 15) is 40.3 Å². The molecule has 0 spiro atoms. The third-order valence-corrected chi connectivity index (χ3v) is 5.52. The topological polar surface area (TPSA) is 68.3 Å². The Morgan fingerprint density at radius 3 is 2.17 bits per heavy atom. The highest BCUT2D eigenvalue weighted by atomic mass is 19.4. The molecule has 14 heteroatoms. The number of carbonyl (C=O) groups excluding carboxylic acids is 2. The molecule has 196 valence electrons. The maximum absolute atomic E-state index is 14.7. The van der Waals surface area contributed by atoms with Gasteiger partial charge in [-0.15, -0.1) is 0 Å². The van der Waals surface area contributed by atoms with Crippen LogP contribution in [0.25, 0.3) is 0 Å². The van der Waals surface area contributed by atoms with Crippen molar-refractivity contribution < 1.29 is 54.5 Å². The van der Waals surface area contributed by atoms with Gasteiger partial charge in [-0.3, -0.25) is 9.69 Å². The van der Waals surface area contributed by atoms with Crippen molar-refractivity contribution in [2.75, 3.05) is 33.0 Å². The summed E-state index contributed by atoms with van der Waals surface area (Å²) in [6.45, 7) is 0.881. The number of amides is 1. The molecule has 0 aromatic heterocycles. The summed E-state index contributed by atoms with van der Waals surface area (Å²) in [5.74, 6) is -1.38. The predicted octanol–water partition coefficient (Wildman–Crippen LogP) is 4.17. The van der Waals surface area contributed by atoms with Crippen LogP contribution in [0.5, 0.6) is 5.75 Å². The standard InChI is InChI=1S/C21H23F7N2O5/c1-12-2-3-14(16(15(12)22)33-11-34-17(31)13-4-5-13)10-29-6-8-30(9-7-29)19(32)35-18(20(23,24)25)21(26,27)28/h2-3,13,18H,4-11H2,1H3. The lowest BCUT2D eigenvalue weighted by Gasteiger charge is -2.35. The number of halogens is 7. The Balaban J connectivity index is 1.56. The fourth-order valence-corrected chi connectivity index (χ4v) is 3.38. The van der Waals surface area contributed by atoms with E-state index in [1.807, 2.05) is 0 Å². The van der Waals surface area contributed by atoms with E-state index in [-0.39, 0.29) is 50.0 Å². The van der Waals surface area contributed by atoms with Crippen molar-refractivity contribution >= 4 is 12.1 Å². The Hall–Kier alpha value is -2.77. The second kappa shape index (κ2) is 10.5. The van der Waals surface area contributed by atoms with Crippen LogP contribution in [0.15, 0.2) is 12.1 Å². The van der Waals surface area contributed by atoms with Gasteiger partial charge < -0.3 is 19.1 Å². The quantitative estimate of drug-likeness (QED) is 0.308. The third-order valence-electron chi connectivity index (χ3n) is 5.52. The summed E-state index contributed by atoms with van der Waals surface area (Å²) >= 11 is 0. The minimum absolute atomic E-state index is 0.0728. The number of alkyl halides is 6. The maximum atomic E-state index is 14.7. The number of benzene rings is 1. The van der Waals surface area contributed by atoms with E-state index in [4.69, 9.17) is 9.47 Å². The summed E-state index contributed by atoms with van der Waals surface area (Å²) in [5, 5.41) is 0.